The van der Waals surface area contributed by atoms with Gasteiger partial charge < -0.3 is 10.5 Å². The third-order valence-electron chi connectivity index (χ3n) is 2.60. The molecule has 0 saturated heterocycles. The second kappa shape index (κ2) is 8.11. The van der Waals surface area contributed by atoms with Crippen LogP contribution in [-0.4, -0.2) is 5.97 Å². The van der Waals surface area contributed by atoms with E-state index in [2.05, 4.69) is 13.8 Å². The van der Waals surface area contributed by atoms with Crippen LogP contribution in [-0.2, 0) is 4.79 Å². The van der Waals surface area contributed by atoms with Gasteiger partial charge in [0, 0.05) is 13.0 Å². The van der Waals surface area contributed by atoms with Gasteiger partial charge >= 0.3 is 5.97 Å². The van der Waals surface area contributed by atoms with E-state index in [4.69, 9.17) is 10.5 Å². The highest BCUT2D eigenvalue weighted by Crippen LogP contribution is 2.22. The van der Waals surface area contributed by atoms with Crippen molar-refractivity contribution in [2.24, 2.45) is 11.7 Å². The molecule has 102 valence electrons. The van der Waals surface area contributed by atoms with Crippen molar-refractivity contribution >= 4 is 18.4 Å². The number of halogens is 1. The Balaban J connectivity index is 0.00000289. The van der Waals surface area contributed by atoms with E-state index >= 15 is 0 Å². The van der Waals surface area contributed by atoms with E-state index in [1.54, 1.807) is 6.07 Å². The van der Waals surface area contributed by atoms with Gasteiger partial charge in [-0.25, -0.2) is 0 Å². The normalized spacial score (nSPS) is 11.8. The molecule has 0 spiro atoms. The summed E-state index contributed by atoms with van der Waals surface area (Å²) in [6.45, 7) is 5.76. The summed E-state index contributed by atoms with van der Waals surface area (Å²) in [5.41, 5.74) is 7.12. The van der Waals surface area contributed by atoms with Crippen LogP contribution in [0.25, 0.3) is 0 Å². The minimum atomic E-state index is -0.307. The highest BCUT2D eigenvalue weighted by Gasteiger charge is 2.08. The Hall–Kier alpha value is -1.06. The molecule has 0 aliphatic carbocycles. The third-order valence-corrected chi connectivity index (χ3v) is 2.60. The van der Waals surface area contributed by atoms with E-state index in [9.17, 15) is 4.79 Å². The zero-order chi connectivity index (χ0) is 12.8. The SMILES string of the molecule is CC(=O)Oc1cccc([C@H](N)CCC(C)C)c1.Cl. The summed E-state index contributed by atoms with van der Waals surface area (Å²) in [6.07, 6.45) is 2.04. The Morgan fingerprint density at radius 3 is 2.56 bits per heavy atom. The van der Waals surface area contributed by atoms with E-state index in [1.807, 2.05) is 18.2 Å². The maximum Gasteiger partial charge on any atom is 0.308 e. The first-order valence-corrected chi connectivity index (χ1v) is 6.03. The Labute approximate surface area is 115 Å². The summed E-state index contributed by atoms with van der Waals surface area (Å²) in [5, 5.41) is 0. The lowest BCUT2D eigenvalue weighted by molar-refractivity contribution is -0.131. The highest BCUT2D eigenvalue weighted by molar-refractivity contribution is 5.85. The molecule has 0 amide bonds. The Morgan fingerprint density at radius 2 is 2.00 bits per heavy atom. The number of carbonyl (C=O) groups is 1. The monoisotopic (exact) mass is 271 g/mol. The summed E-state index contributed by atoms with van der Waals surface area (Å²) in [6, 6.07) is 7.45. The van der Waals surface area contributed by atoms with Gasteiger partial charge in [0.05, 0.1) is 0 Å². The fraction of sp³-hybridized carbons (Fsp3) is 0.500. The molecule has 0 radical (unpaired) electrons. The van der Waals surface area contributed by atoms with Gasteiger partial charge in [0.2, 0.25) is 0 Å². The molecule has 2 N–H and O–H groups in total. The van der Waals surface area contributed by atoms with E-state index in [0.29, 0.717) is 11.7 Å². The van der Waals surface area contributed by atoms with Gasteiger partial charge in [-0.2, -0.15) is 0 Å². The van der Waals surface area contributed by atoms with Gasteiger partial charge in [-0.3, -0.25) is 4.79 Å². The summed E-state index contributed by atoms with van der Waals surface area (Å²) in [7, 11) is 0. The standard InChI is InChI=1S/C14H21NO2.ClH/c1-10(2)7-8-14(15)12-5-4-6-13(9-12)17-11(3)16;/h4-6,9-10,14H,7-8,15H2,1-3H3;1H/t14-;/m1./s1. The predicted octanol–water partition coefficient (Wildman–Crippen LogP) is 3.47. The van der Waals surface area contributed by atoms with E-state index in [-0.39, 0.29) is 24.4 Å². The fourth-order valence-corrected chi connectivity index (χ4v) is 1.65. The lowest BCUT2D eigenvalue weighted by Crippen LogP contribution is -2.11. The van der Waals surface area contributed by atoms with Crippen molar-refractivity contribution in [1.29, 1.82) is 0 Å². The van der Waals surface area contributed by atoms with Crippen LogP contribution in [0, 0.1) is 5.92 Å². The topological polar surface area (TPSA) is 52.3 Å². The number of hydrogen-bond donors (Lipinski definition) is 1. The first-order chi connectivity index (χ1) is 7.99. The second-order valence-corrected chi connectivity index (χ2v) is 4.74. The first-order valence-electron chi connectivity index (χ1n) is 6.03. The van der Waals surface area contributed by atoms with Crippen LogP contribution in [0.2, 0.25) is 0 Å². The number of ether oxygens (including phenoxy) is 1. The van der Waals surface area contributed by atoms with Crippen LogP contribution in [0.5, 0.6) is 5.75 Å². The molecule has 0 saturated carbocycles. The summed E-state index contributed by atoms with van der Waals surface area (Å²) in [5.74, 6) is 0.908. The molecular formula is C14H22ClNO2. The lowest BCUT2D eigenvalue weighted by Gasteiger charge is -2.14. The van der Waals surface area contributed by atoms with Crippen LogP contribution in [0.15, 0.2) is 24.3 Å². The van der Waals surface area contributed by atoms with Crippen molar-refractivity contribution in [3.05, 3.63) is 29.8 Å². The quantitative estimate of drug-likeness (QED) is 0.659. The van der Waals surface area contributed by atoms with Crippen LogP contribution < -0.4 is 10.5 Å². The molecule has 0 heterocycles. The van der Waals surface area contributed by atoms with E-state index in [0.717, 1.165) is 18.4 Å². The summed E-state index contributed by atoms with van der Waals surface area (Å²) >= 11 is 0. The molecule has 4 heteroatoms. The number of rotatable bonds is 5. The van der Waals surface area contributed by atoms with Crippen LogP contribution in [0.3, 0.4) is 0 Å². The Morgan fingerprint density at radius 1 is 1.33 bits per heavy atom. The molecule has 0 aliphatic heterocycles. The average Bonchev–Trinajstić information content (AvgIpc) is 2.25. The molecule has 0 fully saturated rings. The fourth-order valence-electron chi connectivity index (χ4n) is 1.65. The van der Waals surface area contributed by atoms with E-state index < -0.39 is 0 Å². The molecule has 0 aromatic heterocycles. The zero-order valence-electron chi connectivity index (χ0n) is 11.2. The summed E-state index contributed by atoms with van der Waals surface area (Å²) < 4.78 is 5.04. The summed E-state index contributed by atoms with van der Waals surface area (Å²) in [4.78, 5) is 10.9. The number of nitrogens with two attached hydrogens (primary N) is 1. The number of benzene rings is 1. The number of esters is 1. The van der Waals surface area contributed by atoms with Gasteiger partial charge in [-0.1, -0.05) is 26.0 Å². The van der Waals surface area contributed by atoms with Crippen molar-refractivity contribution in [2.75, 3.05) is 0 Å². The maximum atomic E-state index is 10.9. The Kier molecular flexibility index (Phi) is 7.64. The molecule has 18 heavy (non-hydrogen) atoms. The molecular weight excluding hydrogens is 250 g/mol. The molecule has 0 aliphatic rings. The second-order valence-electron chi connectivity index (χ2n) is 4.74. The lowest BCUT2D eigenvalue weighted by atomic mass is 9.98. The molecule has 1 atom stereocenters. The van der Waals surface area contributed by atoms with Crippen molar-refractivity contribution in [3.8, 4) is 5.75 Å². The van der Waals surface area contributed by atoms with Gasteiger partial charge in [-0.15, -0.1) is 12.4 Å². The Bertz CT molecular complexity index is 380. The predicted molar refractivity (Wildman–Crippen MR) is 76.0 cm³/mol. The van der Waals surface area contributed by atoms with Gasteiger partial charge in [0.15, 0.2) is 0 Å². The van der Waals surface area contributed by atoms with Crippen molar-refractivity contribution in [3.63, 3.8) is 0 Å². The average molecular weight is 272 g/mol. The highest BCUT2D eigenvalue weighted by atomic mass is 35.5. The van der Waals surface area contributed by atoms with Gasteiger partial charge in [-0.05, 0) is 36.5 Å². The molecule has 1 aromatic rings. The van der Waals surface area contributed by atoms with Crippen LogP contribution in [0.4, 0.5) is 0 Å². The van der Waals surface area contributed by atoms with Crippen molar-refractivity contribution in [2.45, 2.75) is 39.7 Å². The molecule has 1 aromatic carbocycles. The molecule has 1 rings (SSSR count). The maximum absolute atomic E-state index is 10.9. The number of hydrogen-bond acceptors (Lipinski definition) is 3. The van der Waals surface area contributed by atoms with Crippen molar-refractivity contribution < 1.29 is 9.53 Å². The minimum absolute atomic E-state index is 0. The minimum Gasteiger partial charge on any atom is -0.427 e. The number of carbonyl (C=O) groups excluding carboxylic acids is 1. The molecule has 0 bridgehead atoms. The van der Waals surface area contributed by atoms with Crippen LogP contribution >= 0.6 is 12.4 Å². The van der Waals surface area contributed by atoms with Gasteiger partial charge in [0.25, 0.3) is 0 Å². The molecule has 0 unspecified atom stereocenters. The smallest absolute Gasteiger partial charge is 0.308 e. The third kappa shape index (κ3) is 6.03. The zero-order valence-corrected chi connectivity index (χ0v) is 12.0. The first kappa shape index (κ1) is 16.9. The largest absolute Gasteiger partial charge is 0.427 e. The van der Waals surface area contributed by atoms with Gasteiger partial charge in [0.1, 0.15) is 5.75 Å². The van der Waals surface area contributed by atoms with E-state index in [1.165, 1.54) is 6.92 Å². The molecule has 3 nitrogen and oxygen atoms in total. The van der Waals surface area contributed by atoms with Crippen molar-refractivity contribution in [1.82, 2.24) is 0 Å². The van der Waals surface area contributed by atoms with Crippen LogP contribution in [0.1, 0.15) is 45.2 Å².